The zero-order chi connectivity index (χ0) is 10.3. The van der Waals surface area contributed by atoms with E-state index in [1.54, 1.807) is 12.1 Å². The molecule has 0 bridgehead atoms. The lowest BCUT2D eigenvalue weighted by molar-refractivity contribution is -0.122. The minimum atomic E-state index is 0.411. The molecule has 0 saturated carbocycles. The van der Waals surface area contributed by atoms with Crippen LogP contribution in [-0.4, -0.2) is 6.47 Å². The third kappa shape index (κ3) is 1.03. The highest BCUT2D eigenvalue weighted by molar-refractivity contribution is 5.79. The SMILES string of the molecule is O=COC1=c2ccc3c(c2C=C1)N=NN=3. The molecule has 72 valence electrons. The molecule has 2 aliphatic rings. The fraction of sp³-hybridized carbons (Fsp3) is 0. The third-order valence-corrected chi connectivity index (χ3v) is 2.33. The predicted octanol–water partition coefficient (Wildman–Crippen LogP) is 0.627. The van der Waals surface area contributed by atoms with Crippen molar-refractivity contribution >= 4 is 24.0 Å². The molecular weight excluding hydrogens is 194 g/mol. The summed E-state index contributed by atoms with van der Waals surface area (Å²) in [6, 6.07) is 3.64. The number of rotatable bonds is 2. The van der Waals surface area contributed by atoms with E-state index in [4.69, 9.17) is 4.74 Å². The summed E-state index contributed by atoms with van der Waals surface area (Å²) >= 11 is 0. The fourth-order valence-electron chi connectivity index (χ4n) is 1.68. The summed E-state index contributed by atoms with van der Waals surface area (Å²) in [6.07, 6.45) is 3.57. The van der Waals surface area contributed by atoms with Crippen LogP contribution in [0.15, 0.2) is 33.6 Å². The van der Waals surface area contributed by atoms with Crippen LogP contribution >= 0.6 is 0 Å². The second-order valence-corrected chi connectivity index (χ2v) is 3.10. The van der Waals surface area contributed by atoms with E-state index in [1.807, 2.05) is 12.1 Å². The van der Waals surface area contributed by atoms with Gasteiger partial charge in [-0.2, -0.15) is 0 Å². The van der Waals surface area contributed by atoms with Gasteiger partial charge in [0.05, 0.1) is 0 Å². The minimum absolute atomic E-state index is 0.411. The van der Waals surface area contributed by atoms with Crippen LogP contribution in [0.2, 0.25) is 0 Å². The van der Waals surface area contributed by atoms with Crippen molar-refractivity contribution in [1.82, 2.24) is 0 Å². The Balaban J connectivity index is 2.35. The molecule has 5 nitrogen and oxygen atoms in total. The van der Waals surface area contributed by atoms with Crippen molar-refractivity contribution in [3.63, 3.8) is 0 Å². The summed E-state index contributed by atoms with van der Waals surface area (Å²) in [6.45, 7) is 0.411. The van der Waals surface area contributed by atoms with Crippen molar-refractivity contribution in [2.75, 3.05) is 0 Å². The number of benzene rings is 1. The largest absolute Gasteiger partial charge is 0.428 e. The molecule has 0 saturated heterocycles. The Hall–Kier alpha value is -2.30. The molecule has 1 aliphatic carbocycles. The molecule has 0 radical (unpaired) electrons. The Bertz CT molecular complexity index is 629. The second kappa shape index (κ2) is 2.84. The number of ether oxygens (including phenoxy) is 1. The molecule has 0 fully saturated rings. The molecule has 1 aromatic rings. The van der Waals surface area contributed by atoms with Crippen LogP contribution in [0.25, 0.3) is 11.8 Å². The van der Waals surface area contributed by atoms with Gasteiger partial charge in [0.15, 0.2) is 0 Å². The highest BCUT2D eigenvalue weighted by Crippen LogP contribution is 2.21. The quantitative estimate of drug-likeness (QED) is 0.655. The highest BCUT2D eigenvalue weighted by atomic mass is 16.5. The lowest BCUT2D eigenvalue weighted by Crippen LogP contribution is -2.13. The standard InChI is InChI=1S/C10H5N3O2/c14-5-15-9-4-2-7-6(9)1-3-8-10(7)12-13-11-8/h1-5H. The smallest absolute Gasteiger partial charge is 0.298 e. The molecule has 0 unspecified atom stereocenters. The van der Waals surface area contributed by atoms with Crippen LogP contribution in [-0.2, 0) is 9.53 Å². The van der Waals surface area contributed by atoms with Crippen LogP contribution in [0.4, 0.5) is 5.69 Å². The topological polar surface area (TPSA) is 63.4 Å². The zero-order valence-electron chi connectivity index (χ0n) is 7.54. The zero-order valence-corrected chi connectivity index (χ0v) is 7.54. The molecular formula is C10H5N3O2. The summed E-state index contributed by atoms with van der Waals surface area (Å²) in [5.41, 5.74) is 1.63. The molecule has 1 aliphatic heterocycles. The second-order valence-electron chi connectivity index (χ2n) is 3.10. The van der Waals surface area contributed by atoms with E-state index < -0.39 is 0 Å². The van der Waals surface area contributed by atoms with Gasteiger partial charge in [-0.1, -0.05) is 0 Å². The highest BCUT2D eigenvalue weighted by Gasteiger charge is 2.14. The number of fused-ring (bicyclic) bond motifs is 3. The predicted molar refractivity (Wildman–Crippen MR) is 51.3 cm³/mol. The van der Waals surface area contributed by atoms with E-state index in [1.165, 1.54) is 0 Å². The summed E-state index contributed by atoms with van der Waals surface area (Å²) in [5, 5.41) is 13.0. The Morgan fingerprint density at radius 1 is 1.27 bits per heavy atom. The number of nitrogens with zero attached hydrogens (tertiary/aromatic N) is 3. The van der Waals surface area contributed by atoms with E-state index in [2.05, 4.69) is 15.4 Å². The Morgan fingerprint density at radius 3 is 3.07 bits per heavy atom. The molecule has 0 N–H and O–H groups in total. The first kappa shape index (κ1) is 8.05. The van der Waals surface area contributed by atoms with Crippen LogP contribution in [0.3, 0.4) is 0 Å². The third-order valence-electron chi connectivity index (χ3n) is 2.33. The molecule has 1 aromatic carbocycles. The van der Waals surface area contributed by atoms with Crippen molar-refractivity contribution < 1.29 is 9.53 Å². The Kier molecular flexibility index (Phi) is 1.53. The number of carbonyl (C=O) groups excluding carboxylic acids is 1. The lowest BCUT2D eigenvalue weighted by Gasteiger charge is -1.96. The van der Waals surface area contributed by atoms with E-state index >= 15 is 0 Å². The average Bonchev–Trinajstić information content (AvgIpc) is 2.83. The summed E-state index contributed by atoms with van der Waals surface area (Å²) in [5.74, 6) is 0.532. The van der Waals surface area contributed by atoms with Gasteiger partial charge >= 0.3 is 0 Å². The van der Waals surface area contributed by atoms with Crippen LogP contribution < -0.4 is 10.6 Å². The monoisotopic (exact) mass is 199 g/mol. The number of carbonyl (C=O) groups is 1. The van der Waals surface area contributed by atoms with Gasteiger partial charge in [-0.05, 0) is 29.5 Å². The van der Waals surface area contributed by atoms with Gasteiger partial charge in [0.2, 0.25) is 0 Å². The summed E-state index contributed by atoms with van der Waals surface area (Å²) in [7, 11) is 0. The van der Waals surface area contributed by atoms with E-state index in [0.29, 0.717) is 12.2 Å². The molecule has 15 heavy (non-hydrogen) atoms. The van der Waals surface area contributed by atoms with Gasteiger partial charge in [0.1, 0.15) is 16.8 Å². The van der Waals surface area contributed by atoms with Crippen molar-refractivity contribution in [3.05, 3.63) is 34.3 Å². The Labute approximate surface area is 84.1 Å². The van der Waals surface area contributed by atoms with E-state index in [0.717, 1.165) is 21.8 Å². The van der Waals surface area contributed by atoms with Crippen LogP contribution in [0, 0.1) is 0 Å². The summed E-state index contributed by atoms with van der Waals surface area (Å²) in [4.78, 5) is 10.3. The molecule has 1 heterocycles. The maximum Gasteiger partial charge on any atom is 0.298 e. The average molecular weight is 199 g/mol. The van der Waals surface area contributed by atoms with E-state index in [-0.39, 0.29) is 0 Å². The Morgan fingerprint density at radius 2 is 2.20 bits per heavy atom. The van der Waals surface area contributed by atoms with Crippen molar-refractivity contribution in [3.8, 4) is 0 Å². The normalized spacial score (nSPS) is 14.8. The lowest BCUT2D eigenvalue weighted by atomic mass is 10.1. The fourth-order valence-corrected chi connectivity index (χ4v) is 1.68. The first-order valence-electron chi connectivity index (χ1n) is 4.34. The van der Waals surface area contributed by atoms with Crippen molar-refractivity contribution in [2.24, 2.45) is 15.4 Å². The van der Waals surface area contributed by atoms with Crippen LogP contribution in [0.1, 0.15) is 5.56 Å². The molecule has 0 spiro atoms. The van der Waals surface area contributed by atoms with Gasteiger partial charge in [0.25, 0.3) is 6.47 Å². The molecule has 0 aromatic heterocycles. The van der Waals surface area contributed by atoms with Gasteiger partial charge in [-0.15, -0.1) is 10.2 Å². The molecule has 5 heteroatoms. The number of hydrogen-bond acceptors (Lipinski definition) is 5. The van der Waals surface area contributed by atoms with Gasteiger partial charge in [0, 0.05) is 10.8 Å². The van der Waals surface area contributed by atoms with Crippen molar-refractivity contribution in [1.29, 1.82) is 0 Å². The minimum Gasteiger partial charge on any atom is -0.428 e. The van der Waals surface area contributed by atoms with Gasteiger partial charge in [-0.3, -0.25) is 4.79 Å². The molecule has 3 rings (SSSR count). The van der Waals surface area contributed by atoms with Crippen molar-refractivity contribution in [2.45, 2.75) is 0 Å². The van der Waals surface area contributed by atoms with E-state index in [9.17, 15) is 4.79 Å². The van der Waals surface area contributed by atoms with Gasteiger partial charge < -0.3 is 4.74 Å². The molecule has 0 atom stereocenters. The first-order valence-corrected chi connectivity index (χ1v) is 4.34. The molecule has 0 amide bonds. The summed E-state index contributed by atoms with van der Waals surface area (Å²) < 4.78 is 4.84. The van der Waals surface area contributed by atoms with Crippen LogP contribution in [0.5, 0.6) is 0 Å². The maximum absolute atomic E-state index is 10.3. The number of hydrogen-bond donors (Lipinski definition) is 0. The maximum atomic E-state index is 10.3. The van der Waals surface area contributed by atoms with Gasteiger partial charge in [-0.25, -0.2) is 0 Å². The first-order chi connectivity index (χ1) is 7.40.